The Morgan fingerprint density at radius 3 is 2.95 bits per heavy atom. The van der Waals surface area contributed by atoms with Gasteiger partial charge in [0.05, 0.1) is 13.2 Å². The molecule has 22 heavy (non-hydrogen) atoms. The van der Waals surface area contributed by atoms with Crippen LogP contribution in [0, 0.1) is 6.92 Å². The molecule has 0 unspecified atom stereocenters. The minimum absolute atomic E-state index is 0.106. The molecular formula is C17H21N3O2. The molecule has 1 aliphatic rings. The summed E-state index contributed by atoms with van der Waals surface area (Å²) in [6.45, 7) is 3.68. The molecule has 0 bridgehead atoms. The lowest BCUT2D eigenvalue weighted by Crippen LogP contribution is -2.44. The Kier molecular flexibility index (Phi) is 4.53. The van der Waals surface area contributed by atoms with E-state index >= 15 is 0 Å². The van der Waals surface area contributed by atoms with Gasteiger partial charge in [-0.05, 0) is 18.9 Å². The van der Waals surface area contributed by atoms with Crippen LogP contribution in [0.5, 0.6) is 0 Å². The fourth-order valence-electron chi connectivity index (χ4n) is 2.77. The lowest BCUT2D eigenvalue weighted by atomic mass is 10.1. The van der Waals surface area contributed by atoms with Gasteiger partial charge in [-0.3, -0.25) is 4.79 Å². The summed E-state index contributed by atoms with van der Waals surface area (Å²) in [4.78, 5) is 22.1. The fraction of sp³-hybridized carbons (Fsp3) is 0.412. The van der Waals surface area contributed by atoms with E-state index in [1.54, 1.807) is 6.20 Å². The predicted molar refractivity (Wildman–Crippen MR) is 83.4 cm³/mol. The largest absolute Gasteiger partial charge is 0.377 e. The van der Waals surface area contributed by atoms with Gasteiger partial charge in [-0.2, -0.15) is 0 Å². The summed E-state index contributed by atoms with van der Waals surface area (Å²) < 4.78 is 5.54. The number of morpholine rings is 1. The van der Waals surface area contributed by atoms with E-state index in [4.69, 9.17) is 4.74 Å². The number of rotatable bonds is 4. The number of imidazole rings is 1. The van der Waals surface area contributed by atoms with Crippen LogP contribution in [0.4, 0.5) is 0 Å². The zero-order valence-electron chi connectivity index (χ0n) is 12.8. The van der Waals surface area contributed by atoms with E-state index in [0.717, 1.165) is 17.9 Å². The molecule has 116 valence electrons. The van der Waals surface area contributed by atoms with Crippen LogP contribution in [0.2, 0.25) is 0 Å². The molecule has 1 aliphatic heterocycles. The minimum Gasteiger partial charge on any atom is -0.377 e. The number of aromatic nitrogens is 2. The molecule has 5 heteroatoms. The number of amides is 1. The molecule has 1 atom stereocenters. The second kappa shape index (κ2) is 6.75. The molecule has 1 saturated heterocycles. The van der Waals surface area contributed by atoms with Crippen molar-refractivity contribution in [1.82, 2.24) is 14.9 Å². The number of aromatic amines is 1. The van der Waals surface area contributed by atoms with E-state index in [1.807, 2.05) is 30.0 Å². The Hall–Kier alpha value is -2.14. The average Bonchev–Trinajstić information content (AvgIpc) is 3.00. The highest BCUT2D eigenvalue weighted by Gasteiger charge is 2.30. The number of benzene rings is 1. The molecule has 0 saturated carbocycles. The normalized spacial score (nSPS) is 18.4. The number of carbonyl (C=O) groups excluding carboxylic acids is 1. The molecular weight excluding hydrogens is 278 g/mol. The summed E-state index contributed by atoms with van der Waals surface area (Å²) in [6.07, 6.45) is 3.07. The molecule has 1 N–H and O–H groups in total. The molecule has 5 nitrogen and oxygen atoms in total. The molecule has 0 radical (unpaired) electrons. The summed E-state index contributed by atoms with van der Waals surface area (Å²) >= 11 is 0. The van der Waals surface area contributed by atoms with Crippen molar-refractivity contribution in [2.45, 2.75) is 25.8 Å². The van der Waals surface area contributed by atoms with Crippen LogP contribution >= 0.6 is 0 Å². The zero-order chi connectivity index (χ0) is 15.4. The third kappa shape index (κ3) is 3.36. The Bertz CT molecular complexity index is 624. The predicted octanol–water partition coefficient (Wildman–Crippen LogP) is 2.25. The number of hydrogen-bond donors (Lipinski definition) is 1. The molecule has 1 aromatic carbocycles. The maximum atomic E-state index is 12.6. The van der Waals surface area contributed by atoms with Crippen molar-refractivity contribution in [2.75, 3.05) is 19.8 Å². The number of hydrogen-bond acceptors (Lipinski definition) is 3. The third-order valence-electron chi connectivity index (χ3n) is 3.96. The van der Waals surface area contributed by atoms with Crippen molar-refractivity contribution in [2.24, 2.45) is 0 Å². The molecule has 1 aromatic heterocycles. The highest BCUT2D eigenvalue weighted by atomic mass is 16.5. The second-order valence-electron chi connectivity index (χ2n) is 5.61. The van der Waals surface area contributed by atoms with Crippen molar-refractivity contribution < 1.29 is 9.53 Å². The Morgan fingerprint density at radius 2 is 2.23 bits per heavy atom. The molecule has 1 fully saturated rings. The third-order valence-corrected chi connectivity index (χ3v) is 3.96. The van der Waals surface area contributed by atoms with Crippen LogP contribution in [0.15, 0.2) is 36.5 Å². The van der Waals surface area contributed by atoms with Crippen molar-refractivity contribution in [3.63, 3.8) is 0 Å². The summed E-state index contributed by atoms with van der Waals surface area (Å²) in [6, 6.07) is 10.00. The zero-order valence-corrected chi connectivity index (χ0v) is 12.8. The Labute approximate surface area is 130 Å². The van der Waals surface area contributed by atoms with Gasteiger partial charge in [0.15, 0.2) is 0 Å². The quantitative estimate of drug-likeness (QED) is 0.942. The van der Waals surface area contributed by atoms with Gasteiger partial charge in [0.1, 0.15) is 11.9 Å². The Balaban J connectivity index is 1.66. The first kappa shape index (κ1) is 14.8. The van der Waals surface area contributed by atoms with Gasteiger partial charge in [0.25, 0.3) is 0 Å². The topological polar surface area (TPSA) is 58.2 Å². The van der Waals surface area contributed by atoms with Gasteiger partial charge in [-0.25, -0.2) is 4.98 Å². The molecule has 2 aromatic rings. The minimum atomic E-state index is -0.106. The summed E-state index contributed by atoms with van der Waals surface area (Å²) in [5, 5.41) is 0. The number of carbonyl (C=O) groups is 1. The van der Waals surface area contributed by atoms with Crippen LogP contribution in [-0.2, 0) is 16.0 Å². The van der Waals surface area contributed by atoms with Gasteiger partial charge >= 0.3 is 0 Å². The first-order valence-corrected chi connectivity index (χ1v) is 7.66. The van der Waals surface area contributed by atoms with E-state index < -0.39 is 0 Å². The Morgan fingerprint density at radius 1 is 1.41 bits per heavy atom. The van der Waals surface area contributed by atoms with Crippen molar-refractivity contribution in [3.05, 3.63) is 53.6 Å². The van der Waals surface area contributed by atoms with Gasteiger partial charge < -0.3 is 14.6 Å². The monoisotopic (exact) mass is 299 g/mol. The van der Waals surface area contributed by atoms with E-state index in [9.17, 15) is 4.79 Å². The lowest BCUT2D eigenvalue weighted by Gasteiger charge is -2.34. The van der Waals surface area contributed by atoms with E-state index in [-0.39, 0.29) is 11.9 Å². The standard InChI is InChI=1S/C17H21N3O2/c1-13-11-18-17(19-13)15-12-22-10-9-20(15)16(21)8-7-14-5-3-2-4-6-14/h2-6,11,15H,7-10,12H2,1H3,(H,18,19)/t15-/m0/s1. The van der Waals surface area contributed by atoms with Crippen molar-refractivity contribution in [3.8, 4) is 0 Å². The first-order valence-electron chi connectivity index (χ1n) is 7.66. The molecule has 1 amide bonds. The highest BCUT2D eigenvalue weighted by molar-refractivity contribution is 5.77. The van der Waals surface area contributed by atoms with Gasteiger partial charge in [-0.1, -0.05) is 30.3 Å². The number of H-pyrrole nitrogens is 1. The maximum Gasteiger partial charge on any atom is 0.223 e. The SMILES string of the molecule is Cc1cnc([C@@H]2COCCN2C(=O)CCc2ccccc2)[nH]1. The number of nitrogens with one attached hydrogen (secondary N) is 1. The van der Waals surface area contributed by atoms with Gasteiger partial charge in [-0.15, -0.1) is 0 Å². The van der Waals surface area contributed by atoms with E-state index in [2.05, 4.69) is 22.1 Å². The van der Waals surface area contributed by atoms with Crippen LogP contribution in [0.1, 0.15) is 29.5 Å². The van der Waals surface area contributed by atoms with Crippen LogP contribution < -0.4 is 0 Å². The van der Waals surface area contributed by atoms with Crippen molar-refractivity contribution in [1.29, 1.82) is 0 Å². The van der Waals surface area contributed by atoms with Crippen LogP contribution in [0.25, 0.3) is 0 Å². The van der Waals surface area contributed by atoms with Gasteiger partial charge in [0, 0.05) is 24.9 Å². The molecule has 2 heterocycles. The fourth-order valence-corrected chi connectivity index (χ4v) is 2.77. The highest BCUT2D eigenvalue weighted by Crippen LogP contribution is 2.23. The first-order chi connectivity index (χ1) is 10.7. The number of ether oxygens (including phenoxy) is 1. The number of nitrogens with zero attached hydrogens (tertiary/aromatic N) is 2. The van der Waals surface area contributed by atoms with Crippen molar-refractivity contribution >= 4 is 5.91 Å². The smallest absolute Gasteiger partial charge is 0.223 e. The molecule has 0 aliphatic carbocycles. The maximum absolute atomic E-state index is 12.6. The van der Waals surface area contributed by atoms with Gasteiger partial charge in [0.2, 0.25) is 5.91 Å². The van der Waals surface area contributed by atoms with E-state index in [1.165, 1.54) is 5.56 Å². The van der Waals surface area contributed by atoms with Crippen LogP contribution in [-0.4, -0.2) is 40.5 Å². The molecule has 3 rings (SSSR count). The molecule has 0 spiro atoms. The summed E-state index contributed by atoms with van der Waals surface area (Å²) in [7, 11) is 0. The summed E-state index contributed by atoms with van der Waals surface area (Å²) in [5.41, 5.74) is 2.19. The lowest BCUT2D eigenvalue weighted by molar-refractivity contribution is -0.140. The summed E-state index contributed by atoms with van der Waals surface area (Å²) in [5.74, 6) is 0.969. The van der Waals surface area contributed by atoms with Crippen LogP contribution in [0.3, 0.4) is 0 Å². The van der Waals surface area contributed by atoms with E-state index in [0.29, 0.717) is 26.2 Å². The average molecular weight is 299 g/mol. The number of aryl methyl sites for hydroxylation is 2. The second-order valence-corrected chi connectivity index (χ2v) is 5.61.